The largest absolute Gasteiger partial charge is 0.421 e. The zero-order chi connectivity index (χ0) is 14.3. The van der Waals surface area contributed by atoms with Crippen molar-refractivity contribution < 1.29 is 45.0 Å². The quantitative estimate of drug-likeness (QED) is 0.783. The van der Waals surface area contributed by atoms with E-state index in [0.717, 1.165) is 6.42 Å². The van der Waals surface area contributed by atoms with E-state index in [4.69, 9.17) is 5.11 Å². The molecule has 0 saturated heterocycles. The minimum Gasteiger partial charge on any atom is -0.396 e. The fourth-order valence-electron chi connectivity index (χ4n) is 0.271. The number of ether oxygens (including phenoxy) is 1. The van der Waals surface area contributed by atoms with E-state index in [9.17, 15) is 35.1 Å². The summed E-state index contributed by atoms with van der Waals surface area (Å²) in [6, 6.07) is 0. The molecule has 0 bridgehead atoms. The highest BCUT2D eigenvalue weighted by Gasteiger charge is 2.55. The zero-order valence-electron chi connectivity index (χ0n) is 8.45. The van der Waals surface area contributed by atoms with Gasteiger partial charge in [-0.2, -0.15) is 17.6 Å². The number of hydrogen-bond donors (Lipinski definition) is 1. The maximum atomic E-state index is 11.6. The van der Waals surface area contributed by atoms with Crippen LogP contribution in [0.3, 0.4) is 0 Å². The average molecular weight is 278 g/mol. The van der Waals surface area contributed by atoms with Crippen LogP contribution in [-0.4, -0.2) is 36.8 Å². The summed E-state index contributed by atoms with van der Waals surface area (Å²) in [5.74, 6) is 0. The Kier molecular flexibility index (Phi) is 8.41. The van der Waals surface area contributed by atoms with Gasteiger partial charge in [-0.1, -0.05) is 6.92 Å². The fourth-order valence-corrected chi connectivity index (χ4v) is 0.271. The molecule has 0 amide bonds. The predicted molar refractivity (Wildman–Crippen MR) is 40.4 cm³/mol. The molecule has 0 aliphatic heterocycles. The van der Waals surface area contributed by atoms with Crippen molar-refractivity contribution in [1.82, 2.24) is 0 Å². The van der Waals surface area contributed by atoms with Crippen LogP contribution >= 0.6 is 0 Å². The van der Waals surface area contributed by atoms with Crippen molar-refractivity contribution >= 4 is 0 Å². The predicted octanol–water partition coefficient (Wildman–Crippen LogP) is 3.11. The van der Waals surface area contributed by atoms with Gasteiger partial charge < -0.3 is 5.11 Å². The van der Waals surface area contributed by atoms with E-state index in [-0.39, 0.29) is 0 Å². The monoisotopic (exact) mass is 278 g/mol. The highest BCUT2D eigenvalue weighted by atomic mass is 19.3. The summed E-state index contributed by atoms with van der Waals surface area (Å²) in [5, 5.41) is 7.88. The molecule has 0 aliphatic carbocycles. The Bertz CT molecular complexity index is 176. The topological polar surface area (TPSA) is 29.5 Å². The first kappa shape index (κ1) is 18.7. The lowest BCUT2D eigenvalue weighted by Gasteiger charge is -2.21. The third kappa shape index (κ3) is 8.13. The molecule has 0 aromatic rings. The van der Waals surface area contributed by atoms with Crippen LogP contribution in [0.4, 0.5) is 35.1 Å². The molecule has 0 aromatic heterocycles. The number of aliphatic hydroxyl groups excluding tert-OH is 1. The van der Waals surface area contributed by atoms with Gasteiger partial charge in [0.25, 0.3) is 0 Å². The van der Waals surface area contributed by atoms with Crippen molar-refractivity contribution in [2.24, 2.45) is 0 Å². The Morgan fingerprint density at radius 1 is 0.941 bits per heavy atom. The zero-order valence-corrected chi connectivity index (χ0v) is 8.45. The van der Waals surface area contributed by atoms with Crippen molar-refractivity contribution in [3.63, 3.8) is 0 Å². The van der Waals surface area contributed by atoms with Gasteiger partial charge in [-0.05, 0) is 6.42 Å². The van der Waals surface area contributed by atoms with E-state index in [2.05, 4.69) is 0 Å². The Morgan fingerprint density at radius 3 is 1.29 bits per heavy atom. The molecule has 0 radical (unpaired) electrons. The third-order valence-electron chi connectivity index (χ3n) is 1.00. The lowest BCUT2D eigenvalue weighted by Crippen LogP contribution is -2.42. The third-order valence-corrected chi connectivity index (χ3v) is 1.00. The molecule has 0 spiro atoms. The second-order valence-electron chi connectivity index (χ2n) is 2.55. The lowest BCUT2D eigenvalue weighted by molar-refractivity contribution is -0.428. The number of halogens is 8. The molecule has 10 heteroatoms. The molecule has 0 unspecified atom stereocenters. The first-order valence-electron chi connectivity index (χ1n) is 4.14. The van der Waals surface area contributed by atoms with Gasteiger partial charge in [-0.3, -0.25) is 0 Å². The van der Waals surface area contributed by atoms with Crippen molar-refractivity contribution in [2.75, 3.05) is 6.61 Å². The van der Waals surface area contributed by atoms with Crippen molar-refractivity contribution in [3.05, 3.63) is 0 Å². The van der Waals surface area contributed by atoms with Gasteiger partial charge in [0.15, 0.2) is 0 Å². The number of hydrogen-bond acceptors (Lipinski definition) is 2. The summed E-state index contributed by atoms with van der Waals surface area (Å²) in [5.41, 5.74) is 0. The van der Waals surface area contributed by atoms with Gasteiger partial charge in [-0.25, -0.2) is 22.3 Å². The second-order valence-corrected chi connectivity index (χ2v) is 2.55. The molecular formula is C7H10F8O2. The van der Waals surface area contributed by atoms with Crippen molar-refractivity contribution in [3.8, 4) is 0 Å². The van der Waals surface area contributed by atoms with Crippen molar-refractivity contribution in [1.29, 1.82) is 0 Å². The van der Waals surface area contributed by atoms with E-state index < -0.39 is 25.1 Å². The summed E-state index contributed by atoms with van der Waals surface area (Å²) in [6.07, 6.45) is -19.5. The molecule has 17 heavy (non-hydrogen) atoms. The minimum atomic E-state index is -5.60. The molecule has 0 aromatic carbocycles. The Hall–Kier alpha value is -0.640. The highest BCUT2D eigenvalue weighted by Crippen LogP contribution is 2.35. The standard InChI is InChI=1S/C4H2F8O.C3H8O/c5-1(6)3(9,10)13-4(11,12)2(7)8;1-2-3-4/h1-2H;4H,2-3H2,1H3. The smallest absolute Gasteiger partial charge is 0.396 e. The summed E-state index contributed by atoms with van der Waals surface area (Å²) >= 11 is 0. The van der Waals surface area contributed by atoms with E-state index >= 15 is 0 Å². The first-order chi connectivity index (χ1) is 7.51. The first-order valence-corrected chi connectivity index (χ1v) is 4.14. The molecular weight excluding hydrogens is 268 g/mol. The molecule has 106 valence electrons. The normalized spacial score (nSPS) is 12.7. The summed E-state index contributed by atoms with van der Waals surface area (Å²) < 4.78 is 93.1. The van der Waals surface area contributed by atoms with E-state index in [1.54, 1.807) is 0 Å². The molecule has 2 nitrogen and oxygen atoms in total. The molecule has 0 fully saturated rings. The summed E-state index contributed by atoms with van der Waals surface area (Å²) in [7, 11) is 0. The van der Waals surface area contributed by atoms with Gasteiger partial charge in [0.1, 0.15) is 0 Å². The fraction of sp³-hybridized carbons (Fsp3) is 1.00. The van der Waals surface area contributed by atoms with Crippen LogP contribution in [0.5, 0.6) is 0 Å². The Morgan fingerprint density at radius 2 is 1.18 bits per heavy atom. The summed E-state index contributed by atoms with van der Waals surface area (Å²) in [6.45, 7) is 2.25. The Balaban J connectivity index is 0. The maximum absolute atomic E-state index is 11.6. The Labute approximate surface area is 91.2 Å². The molecule has 0 aliphatic rings. The van der Waals surface area contributed by atoms with Gasteiger partial charge in [0, 0.05) is 6.61 Å². The number of alkyl halides is 8. The van der Waals surface area contributed by atoms with Crippen LogP contribution in [0, 0.1) is 0 Å². The van der Waals surface area contributed by atoms with Crippen LogP contribution in [0.15, 0.2) is 0 Å². The van der Waals surface area contributed by atoms with Crippen molar-refractivity contribution in [2.45, 2.75) is 38.4 Å². The second kappa shape index (κ2) is 7.64. The van der Waals surface area contributed by atoms with Gasteiger partial charge in [0.05, 0.1) is 0 Å². The number of rotatable bonds is 5. The van der Waals surface area contributed by atoms with E-state index in [0.29, 0.717) is 6.61 Å². The van der Waals surface area contributed by atoms with Gasteiger partial charge in [-0.15, -0.1) is 0 Å². The summed E-state index contributed by atoms with van der Waals surface area (Å²) in [4.78, 5) is 0. The van der Waals surface area contributed by atoms with Gasteiger partial charge >= 0.3 is 25.1 Å². The SMILES string of the molecule is CCCO.FC(F)C(F)(F)OC(F)(F)C(F)F. The molecule has 0 atom stereocenters. The van der Waals surface area contributed by atoms with Crippen LogP contribution in [0.25, 0.3) is 0 Å². The van der Waals surface area contributed by atoms with Crippen LogP contribution in [-0.2, 0) is 4.74 Å². The molecule has 0 rings (SSSR count). The highest BCUT2D eigenvalue weighted by molar-refractivity contribution is 4.63. The average Bonchev–Trinajstić information content (AvgIpc) is 2.16. The maximum Gasteiger partial charge on any atom is 0.421 e. The van der Waals surface area contributed by atoms with E-state index in [1.165, 1.54) is 0 Å². The molecule has 1 N–H and O–H groups in total. The lowest BCUT2D eigenvalue weighted by atomic mass is 10.5. The van der Waals surface area contributed by atoms with E-state index in [1.807, 2.05) is 11.7 Å². The molecule has 0 heterocycles. The van der Waals surface area contributed by atoms with Crippen LogP contribution in [0.1, 0.15) is 13.3 Å². The minimum absolute atomic E-state index is 0.319. The van der Waals surface area contributed by atoms with Gasteiger partial charge in [0.2, 0.25) is 0 Å². The van der Waals surface area contributed by atoms with Crippen LogP contribution in [0.2, 0.25) is 0 Å². The molecule has 0 saturated carbocycles. The number of aliphatic hydroxyl groups is 1. The van der Waals surface area contributed by atoms with Crippen LogP contribution < -0.4 is 0 Å².